The maximum atomic E-state index is 13.7. The molecule has 2 heterocycles. The molecule has 0 saturated carbocycles. The van der Waals surface area contributed by atoms with Gasteiger partial charge >= 0.3 is 6.18 Å². The van der Waals surface area contributed by atoms with Crippen molar-refractivity contribution in [3.63, 3.8) is 0 Å². The van der Waals surface area contributed by atoms with Crippen LogP contribution in [0.3, 0.4) is 0 Å². The summed E-state index contributed by atoms with van der Waals surface area (Å²) in [6, 6.07) is 10.7. The number of carbonyl (C=O) groups is 2. The van der Waals surface area contributed by atoms with Crippen LogP contribution in [0.1, 0.15) is 34.1 Å². The largest absolute Gasteiger partial charge is 0.416 e. The Balaban J connectivity index is 1.57. The lowest BCUT2D eigenvalue weighted by Gasteiger charge is -2.13. The molecular formula is C25H21F4N5O2. The Labute approximate surface area is 203 Å². The third-order valence-corrected chi connectivity index (χ3v) is 5.36. The highest BCUT2D eigenvalue weighted by molar-refractivity contribution is 6.05. The number of nitrogens with zero attached hydrogens (tertiary/aromatic N) is 3. The SMILES string of the molecule is CC(=O)Nc1cc(C(=O)NCc2cc(F)cc(C(F)(F)F)c2)cc2ncn(CCc3ccccn3)c12. The van der Waals surface area contributed by atoms with E-state index in [9.17, 15) is 27.2 Å². The maximum Gasteiger partial charge on any atom is 0.416 e. The van der Waals surface area contributed by atoms with Crippen LogP contribution in [-0.4, -0.2) is 26.3 Å². The van der Waals surface area contributed by atoms with Gasteiger partial charge in [-0.2, -0.15) is 13.2 Å². The van der Waals surface area contributed by atoms with Crippen LogP contribution in [0.4, 0.5) is 23.2 Å². The van der Waals surface area contributed by atoms with Crippen molar-refractivity contribution >= 4 is 28.5 Å². The van der Waals surface area contributed by atoms with Crippen LogP contribution in [0.2, 0.25) is 0 Å². The number of nitrogens with one attached hydrogen (secondary N) is 2. The number of amides is 2. The van der Waals surface area contributed by atoms with Crippen molar-refractivity contribution in [3.05, 3.63) is 89.3 Å². The number of benzene rings is 2. The van der Waals surface area contributed by atoms with E-state index in [1.54, 1.807) is 12.5 Å². The molecule has 4 aromatic rings. The highest BCUT2D eigenvalue weighted by atomic mass is 19.4. The minimum absolute atomic E-state index is 0.0439. The smallest absolute Gasteiger partial charge is 0.348 e. The van der Waals surface area contributed by atoms with Gasteiger partial charge in [0.15, 0.2) is 0 Å². The van der Waals surface area contributed by atoms with Crippen molar-refractivity contribution in [1.29, 1.82) is 0 Å². The number of aromatic nitrogens is 3. The summed E-state index contributed by atoms with van der Waals surface area (Å²) in [6.45, 7) is 1.52. The summed E-state index contributed by atoms with van der Waals surface area (Å²) in [5.74, 6) is -2.03. The van der Waals surface area contributed by atoms with Gasteiger partial charge in [0.25, 0.3) is 5.91 Å². The van der Waals surface area contributed by atoms with E-state index in [1.165, 1.54) is 19.1 Å². The number of imidazole rings is 1. The second-order valence-electron chi connectivity index (χ2n) is 8.11. The molecule has 2 N–H and O–H groups in total. The van der Waals surface area contributed by atoms with E-state index in [0.717, 1.165) is 17.8 Å². The Morgan fingerprint density at radius 2 is 1.86 bits per heavy atom. The molecule has 0 fully saturated rings. The van der Waals surface area contributed by atoms with Crippen molar-refractivity contribution in [2.75, 3.05) is 5.32 Å². The van der Waals surface area contributed by atoms with Crippen LogP contribution >= 0.6 is 0 Å². The average Bonchev–Trinajstić information content (AvgIpc) is 3.24. The Bertz CT molecular complexity index is 1420. The fraction of sp³-hybridized carbons (Fsp3) is 0.200. The van der Waals surface area contributed by atoms with Crippen LogP contribution in [0, 0.1) is 5.82 Å². The molecule has 0 spiro atoms. The van der Waals surface area contributed by atoms with Gasteiger partial charge in [0.05, 0.1) is 28.6 Å². The summed E-state index contributed by atoms with van der Waals surface area (Å²) < 4.78 is 54.4. The third kappa shape index (κ3) is 5.85. The average molecular weight is 499 g/mol. The molecule has 7 nitrogen and oxygen atoms in total. The van der Waals surface area contributed by atoms with Gasteiger partial charge in [-0.05, 0) is 48.0 Å². The van der Waals surface area contributed by atoms with Gasteiger partial charge in [-0.1, -0.05) is 6.07 Å². The molecule has 2 aromatic heterocycles. The fourth-order valence-electron chi connectivity index (χ4n) is 3.78. The van der Waals surface area contributed by atoms with E-state index in [4.69, 9.17) is 0 Å². The minimum Gasteiger partial charge on any atom is -0.348 e. The van der Waals surface area contributed by atoms with Gasteiger partial charge in [-0.3, -0.25) is 14.6 Å². The molecular weight excluding hydrogens is 478 g/mol. The monoisotopic (exact) mass is 499 g/mol. The van der Waals surface area contributed by atoms with Crippen LogP contribution in [0.25, 0.3) is 11.0 Å². The van der Waals surface area contributed by atoms with E-state index in [1.807, 2.05) is 22.8 Å². The van der Waals surface area contributed by atoms with Crippen molar-refractivity contribution in [1.82, 2.24) is 19.9 Å². The number of pyridine rings is 1. The summed E-state index contributed by atoms with van der Waals surface area (Å²) in [5.41, 5.74) is 1.23. The van der Waals surface area contributed by atoms with Crippen molar-refractivity contribution in [3.8, 4) is 0 Å². The topological polar surface area (TPSA) is 88.9 Å². The number of carbonyl (C=O) groups excluding carboxylic acids is 2. The molecule has 0 atom stereocenters. The number of hydrogen-bond donors (Lipinski definition) is 2. The number of hydrogen-bond acceptors (Lipinski definition) is 4. The lowest BCUT2D eigenvalue weighted by Crippen LogP contribution is -2.23. The van der Waals surface area contributed by atoms with Crippen LogP contribution in [-0.2, 0) is 30.5 Å². The highest BCUT2D eigenvalue weighted by Crippen LogP contribution is 2.30. The van der Waals surface area contributed by atoms with Gasteiger partial charge in [-0.15, -0.1) is 0 Å². The van der Waals surface area contributed by atoms with Crippen molar-refractivity contribution in [2.45, 2.75) is 32.6 Å². The molecule has 0 bridgehead atoms. The Hall–Kier alpha value is -4.28. The fourth-order valence-corrected chi connectivity index (χ4v) is 3.78. The van der Waals surface area contributed by atoms with E-state index in [0.29, 0.717) is 35.8 Å². The molecule has 186 valence electrons. The Morgan fingerprint density at radius 1 is 1.06 bits per heavy atom. The van der Waals surface area contributed by atoms with E-state index < -0.39 is 23.5 Å². The number of halogens is 4. The van der Waals surface area contributed by atoms with Gasteiger partial charge in [0, 0.05) is 43.9 Å². The molecule has 4 rings (SSSR count). The molecule has 0 aliphatic carbocycles. The highest BCUT2D eigenvalue weighted by Gasteiger charge is 2.31. The van der Waals surface area contributed by atoms with E-state index >= 15 is 0 Å². The molecule has 11 heteroatoms. The second kappa shape index (κ2) is 10.1. The summed E-state index contributed by atoms with van der Waals surface area (Å²) in [4.78, 5) is 33.3. The number of anilines is 1. The number of aryl methyl sites for hydroxylation is 2. The normalized spacial score (nSPS) is 11.5. The van der Waals surface area contributed by atoms with Gasteiger partial charge in [0.2, 0.25) is 5.91 Å². The molecule has 36 heavy (non-hydrogen) atoms. The molecule has 0 saturated heterocycles. The molecule has 2 aromatic carbocycles. The maximum absolute atomic E-state index is 13.7. The zero-order valence-corrected chi connectivity index (χ0v) is 19.1. The van der Waals surface area contributed by atoms with Gasteiger partial charge in [0.1, 0.15) is 5.82 Å². The molecule has 0 unspecified atom stereocenters. The summed E-state index contributed by atoms with van der Waals surface area (Å²) in [6.07, 6.45) is -0.815. The van der Waals surface area contributed by atoms with Crippen LogP contribution in [0.15, 0.2) is 61.1 Å². The number of rotatable bonds is 7. The zero-order chi connectivity index (χ0) is 25.9. The van der Waals surface area contributed by atoms with Crippen LogP contribution in [0.5, 0.6) is 0 Å². The first-order chi connectivity index (χ1) is 17.1. The summed E-state index contributed by atoms with van der Waals surface area (Å²) >= 11 is 0. The van der Waals surface area contributed by atoms with Gasteiger partial charge in [-0.25, -0.2) is 9.37 Å². The Kier molecular flexibility index (Phi) is 7.00. The number of fused-ring (bicyclic) bond motifs is 1. The lowest BCUT2D eigenvalue weighted by molar-refractivity contribution is -0.137. The number of alkyl halides is 3. The molecule has 0 radical (unpaired) electrons. The predicted octanol–water partition coefficient (Wildman–Crippen LogP) is 4.72. The first-order valence-electron chi connectivity index (χ1n) is 10.9. The first-order valence-corrected chi connectivity index (χ1v) is 10.9. The summed E-state index contributed by atoms with van der Waals surface area (Å²) in [5, 5.41) is 5.19. The van der Waals surface area contributed by atoms with Crippen molar-refractivity contribution in [2.24, 2.45) is 0 Å². The molecule has 0 aliphatic rings. The van der Waals surface area contributed by atoms with Crippen LogP contribution < -0.4 is 10.6 Å². The van der Waals surface area contributed by atoms with Gasteiger partial charge < -0.3 is 15.2 Å². The molecule has 2 amide bonds. The minimum atomic E-state index is -4.71. The van der Waals surface area contributed by atoms with E-state index in [-0.39, 0.29) is 23.6 Å². The lowest BCUT2D eigenvalue weighted by atomic mass is 10.1. The predicted molar refractivity (Wildman–Crippen MR) is 125 cm³/mol. The summed E-state index contributed by atoms with van der Waals surface area (Å²) in [7, 11) is 0. The Morgan fingerprint density at radius 3 is 2.56 bits per heavy atom. The molecule has 0 aliphatic heterocycles. The third-order valence-electron chi connectivity index (χ3n) is 5.36. The van der Waals surface area contributed by atoms with E-state index in [2.05, 4.69) is 20.6 Å². The van der Waals surface area contributed by atoms with Crippen molar-refractivity contribution < 1.29 is 27.2 Å². The quantitative estimate of drug-likeness (QED) is 0.360. The standard InChI is InChI=1S/C25H21F4N5O2/c1-15(35)33-22-11-17(24(36)31-13-16-8-18(25(27,28)29)12-19(26)9-16)10-21-23(22)34(14-32-21)7-5-20-4-2-3-6-30-20/h2-4,6,8-12,14H,5,7,13H2,1H3,(H,31,36)(H,33,35). The zero-order valence-electron chi connectivity index (χ0n) is 19.1. The second-order valence-corrected chi connectivity index (χ2v) is 8.11. The first kappa shape index (κ1) is 24.8.